The smallest absolute Gasteiger partial charge is 0.195 e. The van der Waals surface area contributed by atoms with Gasteiger partial charge in [0.05, 0.1) is 0 Å². The first-order valence-electron chi connectivity index (χ1n) is 5.75. The van der Waals surface area contributed by atoms with Crippen molar-refractivity contribution in [3.05, 3.63) is 54.8 Å². The van der Waals surface area contributed by atoms with Gasteiger partial charge in [-0.05, 0) is 11.6 Å². The quantitative estimate of drug-likeness (QED) is 0.739. The maximum atomic E-state index is 6.21. The molecular formula is C13H13N5O. The summed E-state index contributed by atoms with van der Waals surface area (Å²) in [4.78, 5) is 8.31. The van der Waals surface area contributed by atoms with Gasteiger partial charge in [0.1, 0.15) is 12.0 Å². The van der Waals surface area contributed by atoms with Crippen molar-refractivity contribution >= 4 is 5.96 Å². The molecule has 5 N–H and O–H groups in total. The number of guanidine groups is 1. The Labute approximate surface area is 109 Å². The van der Waals surface area contributed by atoms with Gasteiger partial charge in [0.25, 0.3) is 0 Å². The fourth-order valence-corrected chi connectivity index (χ4v) is 1.95. The second kappa shape index (κ2) is 4.25. The number of nitrogens with one attached hydrogen (secondary N) is 1. The zero-order valence-corrected chi connectivity index (χ0v) is 10.1. The van der Waals surface area contributed by atoms with Gasteiger partial charge >= 0.3 is 0 Å². The highest BCUT2D eigenvalue weighted by Gasteiger charge is 2.25. The topological polar surface area (TPSA) is 102 Å². The van der Waals surface area contributed by atoms with E-state index in [1.807, 2.05) is 24.3 Å². The van der Waals surface area contributed by atoms with E-state index in [9.17, 15) is 0 Å². The van der Waals surface area contributed by atoms with Crippen molar-refractivity contribution in [2.45, 2.75) is 5.66 Å². The molecule has 3 rings (SSSR count). The largest absolute Gasteiger partial charge is 0.451 e. The normalized spacial score (nSPS) is 21.8. The highest BCUT2D eigenvalue weighted by Crippen LogP contribution is 2.26. The minimum absolute atomic E-state index is 0.297. The molecule has 1 aliphatic rings. The van der Waals surface area contributed by atoms with Crippen molar-refractivity contribution in [1.29, 1.82) is 0 Å². The molecule has 1 atom stereocenters. The van der Waals surface area contributed by atoms with Gasteiger partial charge in [0.15, 0.2) is 18.0 Å². The number of hydrogen-bond acceptors (Lipinski definition) is 6. The van der Waals surface area contributed by atoms with Crippen LogP contribution in [0.2, 0.25) is 0 Å². The van der Waals surface area contributed by atoms with Crippen molar-refractivity contribution in [2.75, 3.05) is 0 Å². The second-order valence-corrected chi connectivity index (χ2v) is 4.25. The van der Waals surface area contributed by atoms with E-state index >= 15 is 0 Å². The molecule has 0 bridgehead atoms. The molecule has 96 valence electrons. The maximum absolute atomic E-state index is 6.21. The number of aliphatic imine (C=N–C) groups is 1. The molecule has 2 heterocycles. The third-order valence-corrected chi connectivity index (χ3v) is 2.95. The average Bonchev–Trinajstić information content (AvgIpc) is 2.92. The summed E-state index contributed by atoms with van der Waals surface area (Å²) in [6.07, 6.45) is 6.43. The summed E-state index contributed by atoms with van der Waals surface area (Å²) >= 11 is 0. The fourth-order valence-electron chi connectivity index (χ4n) is 1.95. The summed E-state index contributed by atoms with van der Waals surface area (Å²) in [5.74, 6) is 0.297. The summed E-state index contributed by atoms with van der Waals surface area (Å²) in [7, 11) is 0. The number of rotatable bonds is 2. The summed E-state index contributed by atoms with van der Waals surface area (Å²) < 4.78 is 4.96. The minimum atomic E-state index is -0.933. The molecular weight excluding hydrogens is 242 g/mol. The van der Waals surface area contributed by atoms with Gasteiger partial charge in [-0.25, -0.2) is 9.98 Å². The third kappa shape index (κ3) is 2.09. The maximum Gasteiger partial charge on any atom is 0.195 e. The molecule has 0 amide bonds. The summed E-state index contributed by atoms with van der Waals surface area (Å²) in [6.45, 7) is 0. The van der Waals surface area contributed by atoms with Crippen molar-refractivity contribution in [3.63, 3.8) is 0 Å². The summed E-state index contributed by atoms with van der Waals surface area (Å²) in [5.41, 5.74) is 13.5. The lowest BCUT2D eigenvalue weighted by molar-refractivity contribution is 0.558. The monoisotopic (exact) mass is 255 g/mol. The van der Waals surface area contributed by atoms with Gasteiger partial charge in [0, 0.05) is 11.8 Å². The molecule has 0 spiro atoms. The number of nitrogens with two attached hydrogens (primary N) is 2. The summed E-state index contributed by atoms with van der Waals surface area (Å²) in [6, 6.07) is 7.64. The van der Waals surface area contributed by atoms with Crippen LogP contribution in [0, 0.1) is 0 Å². The van der Waals surface area contributed by atoms with E-state index < -0.39 is 5.66 Å². The lowest BCUT2D eigenvalue weighted by Crippen LogP contribution is -2.42. The zero-order valence-electron chi connectivity index (χ0n) is 10.1. The average molecular weight is 255 g/mol. The first-order valence-corrected chi connectivity index (χ1v) is 5.75. The van der Waals surface area contributed by atoms with Crippen LogP contribution < -0.4 is 16.8 Å². The standard InChI is InChI=1S/C13H13N5O/c14-12-16-6-5-13(15,18-12)10-3-1-9(2-4-10)11-7-19-8-17-11/h1-8H,15H2,(H3,14,16,18). The molecule has 0 fully saturated rings. The molecule has 6 heteroatoms. The molecule has 1 aromatic carbocycles. The van der Waals surface area contributed by atoms with Crippen LogP contribution in [-0.2, 0) is 5.66 Å². The first kappa shape index (κ1) is 11.5. The first-order chi connectivity index (χ1) is 9.17. The van der Waals surface area contributed by atoms with E-state index in [2.05, 4.69) is 15.3 Å². The molecule has 1 unspecified atom stereocenters. The Bertz CT molecular complexity index is 630. The predicted octanol–water partition coefficient (Wildman–Crippen LogP) is 0.885. The predicted molar refractivity (Wildman–Crippen MR) is 71.7 cm³/mol. The van der Waals surface area contributed by atoms with Crippen LogP contribution in [-0.4, -0.2) is 10.9 Å². The van der Waals surface area contributed by atoms with Gasteiger partial charge in [-0.15, -0.1) is 0 Å². The molecule has 0 saturated carbocycles. The molecule has 1 aromatic heterocycles. The van der Waals surface area contributed by atoms with Crippen molar-refractivity contribution < 1.29 is 4.42 Å². The number of hydrogen-bond donors (Lipinski definition) is 3. The van der Waals surface area contributed by atoms with Crippen LogP contribution >= 0.6 is 0 Å². The Morgan fingerprint density at radius 3 is 2.63 bits per heavy atom. The van der Waals surface area contributed by atoms with Crippen LogP contribution in [0.25, 0.3) is 11.3 Å². The molecule has 0 radical (unpaired) electrons. The highest BCUT2D eigenvalue weighted by molar-refractivity contribution is 5.80. The Hall–Kier alpha value is -2.60. The SMILES string of the molecule is NC1=NC(N)(c2ccc(-c3cocn3)cc2)C=CN1. The Morgan fingerprint density at radius 2 is 2.00 bits per heavy atom. The van der Waals surface area contributed by atoms with Crippen molar-refractivity contribution in [2.24, 2.45) is 16.5 Å². The second-order valence-electron chi connectivity index (χ2n) is 4.25. The van der Waals surface area contributed by atoms with E-state index in [4.69, 9.17) is 15.9 Å². The molecule has 1 aliphatic heterocycles. The van der Waals surface area contributed by atoms with Crippen LogP contribution in [0.15, 0.2) is 58.6 Å². The van der Waals surface area contributed by atoms with E-state index in [1.165, 1.54) is 6.39 Å². The Kier molecular flexibility index (Phi) is 2.57. The van der Waals surface area contributed by atoms with E-state index in [1.54, 1.807) is 18.5 Å². The van der Waals surface area contributed by atoms with Gasteiger partial charge in [0.2, 0.25) is 0 Å². The van der Waals surface area contributed by atoms with Gasteiger partial charge < -0.3 is 15.5 Å². The van der Waals surface area contributed by atoms with Crippen LogP contribution in [0.3, 0.4) is 0 Å². The molecule has 6 nitrogen and oxygen atoms in total. The minimum Gasteiger partial charge on any atom is -0.451 e. The van der Waals surface area contributed by atoms with Crippen LogP contribution in [0.5, 0.6) is 0 Å². The molecule has 0 saturated heterocycles. The van der Waals surface area contributed by atoms with E-state index in [0.29, 0.717) is 5.96 Å². The fraction of sp³-hybridized carbons (Fsp3) is 0.0769. The van der Waals surface area contributed by atoms with Gasteiger partial charge in [-0.1, -0.05) is 24.3 Å². The zero-order chi connectivity index (χ0) is 13.3. The lowest BCUT2D eigenvalue weighted by atomic mass is 9.98. The van der Waals surface area contributed by atoms with Gasteiger partial charge in [-0.3, -0.25) is 5.73 Å². The third-order valence-electron chi connectivity index (χ3n) is 2.95. The number of aromatic nitrogens is 1. The Morgan fingerprint density at radius 1 is 1.21 bits per heavy atom. The van der Waals surface area contributed by atoms with Gasteiger partial charge in [-0.2, -0.15) is 0 Å². The molecule has 19 heavy (non-hydrogen) atoms. The number of nitrogens with zero attached hydrogens (tertiary/aromatic N) is 2. The molecule has 0 aliphatic carbocycles. The number of benzene rings is 1. The highest BCUT2D eigenvalue weighted by atomic mass is 16.3. The van der Waals surface area contributed by atoms with E-state index in [0.717, 1.165) is 16.8 Å². The number of oxazole rings is 1. The van der Waals surface area contributed by atoms with Crippen molar-refractivity contribution in [1.82, 2.24) is 10.3 Å². The van der Waals surface area contributed by atoms with E-state index in [-0.39, 0.29) is 0 Å². The summed E-state index contributed by atoms with van der Waals surface area (Å²) in [5, 5.41) is 2.79. The lowest BCUT2D eigenvalue weighted by Gasteiger charge is -2.25. The van der Waals surface area contributed by atoms with Crippen LogP contribution in [0.4, 0.5) is 0 Å². The molecule has 2 aromatic rings. The van der Waals surface area contributed by atoms with Crippen LogP contribution in [0.1, 0.15) is 5.56 Å². The Balaban J connectivity index is 1.95. The van der Waals surface area contributed by atoms with Crippen molar-refractivity contribution in [3.8, 4) is 11.3 Å².